The van der Waals surface area contributed by atoms with E-state index in [1.165, 1.54) is 11.3 Å². The Hall–Kier alpha value is -1.98. The lowest BCUT2D eigenvalue weighted by molar-refractivity contribution is 0.100. The zero-order valence-electron chi connectivity index (χ0n) is 11.5. The van der Waals surface area contributed by atoms with Crippen molar-refractivity contribution in [3.8, 4) is 11.4 Å². The van der Waals surface area contributed by atoms with E-state index >= 15 is 0 Å². The average Bonchev–Trinajstić information content (AvgIpc) is 2.77. The largest absolute Gasteiger partial charge is 0.365 e. The third-order valence-electron chi connectivity index (χ3n) is 3.31. The Bertz CT molecular complexity index is 873. The molecule has 106 valence electrons. The highest BCUT2D eigenvalue weighted by molar-refractivity contribution is 7.20. The number of carbonyl (C=O) groups is 1. The predicted molar refractivity (Wildman–Crippen MR) is 85.9 cm³/mol. The standard InChI is InChI=1S/C15H12ClN3OS/c1-7-11-8(2)18-14(9-5-3-4-6-10(9)16)19-15(11)21-12(7)13(17)20/h3-6H,1-2H3,(H2,17,20). The summed E-state index contributed by atoms with van der Waals surface area (Å²) < 4.78 is 0. The third-order valence-corrected chi connectivity index (χ3v) is 4.84. The van der Waals surface area contributed by atoms with E-state index in [1.807, 2.05) is 32.0 Å². The van der Waals surface area contributed by atoms with Crippen LogP contribution >= 0.6 is 22.9 Å². The van der Waals surface area contributed by atoms with Crippen molar-refractivity contribution in [1.29, 1.82) is 0 Å². The summed E-state index contributed by atoms with van der Waals surface area (Å²) in [6.45, 7) is 3.76. The molecule has 6 heteroatoms. The molecule has 0 saturated carbocycles. The van der Waals surface area contributed by atoms with Gasteiger partial charge in [-0.1, -0.05) is 23.7 Å². The second-order valence-corrected chi connectivity index (χ2v) is 6.12. The van der Waals surface area contributed by atoms with E-state index in [-0.39, 0.29) is 0 Å². The van der Waals surface area contributed by atoms with Crippen molar-refractivity contribution >= 4 is 39.1 Å². The van der Waals surface area contributed by atoms with Gasteiger partial charge in [0.2, 0.25) is 0 Å². The van der Waals surface area contributed by atoms with Crippen molar-refractivity contribution < 1.29 is 4.79 Å². The van der Waals surface area contributed by atoms with Crippen LogP contribution in [0.4, 0.5) is 0 Å². The zero-order valence-corrected chi connectivity index (χ0v) is 13.0. The first kappa shape index (κ1) is 14.0. The Kier molecular flexibility index (Phi) is 3.39. The molecule has 0 bridgehead atoms. The maximum atomic E-state index is 11.5. The van der Waals surface area contributed by atoms with Gasteiger partial charge >= 0.3 is 0 Å². The second-order valence-electron chi connectivity index (χ2n) is 4.71. The lowest BCUT2D eigenvalue weighted by Crippen LogP contribution is -2.09. The number of nitrogens with zero attached hydrogens (tertiary/aromatic N) is 2. The van der Waals surface area contributed by atoms with Gasteiger partial charge in [0.15, 0.2) is 5.82 Å². The molecular formula is C15H12ClN3OS. The monoisotopic (exact) mass is 317 g/mol. The second kappa shape index (κ2) is 5.09. The number of fused-ring (bicyclic) bond motifs is 1. The minimum Gasteiger partial charge on any atom is -0.365 e. The average molecular weight is 318 g/mol. The molecule has 2 heterocycles. The van der Waals surface area contributed by atoms with Crippen LogP contribution in [-0.2, 0) is 0 Å². The molecule has 0 atom stereocenters. The van der Waals surface area contributed by atoms with Crippen molar-refractivity contribution in [3.05, 3.63) is 45.4 Å². The number of aryl methyl sites for hydroxylation is 2. The lowest BCUT2D eigenvalue weighted by atomic mass is 10.1. The summed E-state index contributed by atoms with van der Waals surface area (Å²) in [6, 6.07) is 7.42. The molecule has 3 rings (SSSR count). The number of benzene rings is 1. The molecule has 3 aromatic rings. The summed E-state index contributed by atoms with van der Waals surface area (Å²) in [5, 5.41) is 1.49. The van der Waals surface area contributed by atoms with E-state index in [0.717, 1.165) is 27.0 Å². The van der Waals surface area contributed by atoms with Gasteiger partial charge in [-0.3, -0.25) is 4.79 Å². The molecule has 0 saturated heterocycles. The Balaban J connectivity index is 2.29. The molecule has 1 amide bonds. The van der Waals surface area contributed by atoms with Gasteiger partial charge in [0.05, 0.1) is 15.6 Å². The molecule has 2 N–H and O–H groups in total. The van der Waals surface area contributed by atoms with E-state index in [1.54, 1.807) is 6.07 Å². The van der Waals surface area contributed by atoms with Crippen LogP contribution in [0.25, 0.3) is 21.6 Å². The number of rotatable bonds is 2. The number of aromatic nitrogens is 2. The van der Waals surface area contributed by atoms with Crippen molar-refractivity contribution in [1.82, 2.24) is 9.97 Å². The fraction of sp³-hybridized carbons (Fsp3) is 0.133. The molecule has 0 radical (unpaired) electrons. The van der Waals surface area contributed by atoms with E-state index in [4.69, 9.17) is 17.3 Å². The van der Waals surface area contributed by atoms with Crippen LogP contribution in [-0.4, -0.2) is 15.9 Å². The van der Waals surface area contributed by atoms with Crippen LogP contribution in [0.2, 0.25) is 5.02 Å². The molecule has 0 aliphatic heterocycles. The number of thiophene rings is 1. The zero-order chi connectivity index (χ0) is 15.1. The van der Waals surface area contributed by atoms with E-state index < -0.39 is 5.91 Å². The third kappa shape index (κ3) is 2.28. The van der Waals surface area contributed by atoms with Gasteiger partial charge in [0.1, 0.15) is 4.83 Å². The summed E-state index contributed by atoms with van der Waals surface area (Å²) in [7, 11) is 0. The molecule has 21 heavy (non-hydrogen) atoms. The number of amides is 1. The summed E-state index contributed by atoms with van der Waals surface area (Å²) >= 11 is 7.49. The summed E-state index contributed by atoms with van der Waals surface area (Å²) in [5.41, 5.74) is 7.83. The molecule has 0 unspecified atom stereocenters. The first-order valence-electron chi connectivity index (χ1n) is 6.31. The fourth-order valence-corrected chi connectivity index (χ4v) is 3.64. The van der Waals surface area contributed by atoms with Gasteiger partial charge in [-0.15, -0.1) is 11.3 Å². The Morgan fingerprint density at radius 2 is 1.95 bits per heavy atom. The minimum absolute atomic E-state index is 0.436. The SMILES string of the molecule is Cc1nc(-c2ccccc2Cl)nc2sc(C(N)=O)c(C)c12. The first-order chi connectivity index (χ1) is 9.99. The maximum Gasteiger partial charge on any atom is 0.259 e. The smallest absolute Gasteiger partial charge is 0.259 e. The summed E-state index contributed by atoms with van der Waals surface area (Å²) in [4.78, 5) is 21.8. The van der Waals surface area contributed by atoms with Crippen LogP contribution in [0.5, 0.6) is 0 Å². The van der Waals surface area contributed by atoms with Gasteiger partial charge in [0, 0.05) is 10.9 Å². The van der Waals surface area contributed by atoms with Gasteiger partial charge in [-0.05, 0) is 31.5 Å². The Morgan fingerprint density at radius 3 is 2.62 bits per heavy atom. The normalized spacial score (nSPS) is 11.0. The summed E-state index contributed by atoms with van der Waals surface area (Å²) in [6.07, 6.45) is 0. The number of primary amides is 1. The number of carbonyl (C=O) groups excluding carboxylic acids is 1. The first-order valence-corrected chi connectivity index (χ1v) is 7.51. The van der Waals surface area contributed by atoms with Gasteiger partial charge in [-0.2, -0.15) is 0 Å². The molecule has 0 aliphatic rings. The fourth-order valence-electron chi connectivity index (χ4n) is 2.34. The van der Waals surface area contributed by atoms with Gasteiger partial charge in [-0.25, -0.2) is 9.97 Å². The van der Waals surface area contributed by atoms with Crippen LogP contribution in [0.3, 0.4) is 0 Å². The molecule has 1 aromatic carbocycles. The number of hydrogen-bond acceptors (Lipinski definition) is 4. The number of nitrogens with two attached hydrogens (primary N) is 1. The summed E-state index contributed by atoms with van der Waals surface area (Å²) in [5.74, 6) is 0.122. The molecule has 4 nitrogen and oxygen atoms in total. The van der Waals surface area contributed by atoms with Gasteiger partial charge in [0.25, 0.3) is 5.91 Å². The lowest BCUT2D eigenvalue weighted by Gasteiger charge is -2.05. The van der Waals surface area contributed by atoms with E-state index in [2.05, 4.69) is 9.97 Å². The number of halogens is 1. The van der Waals surface area contributed by atoms with Crippen molar-refractivity contribution in [2.24, 2.45) is 5.73 Å². The molecule has 0 aliphatic carbocycles. The van der Waals surface area contributed by atoms with Crippen LogP contribution in [0, 0.1) is 13.8 Å². The quantitative estimate of drug-likeness (QED) is 0.783. The molecular weight excluding hydrogens is 306 g/mol. The highest BCUT2D eigenvalue weighted by Crippen LogP contribution is 2.33. The maximum absolute atomic E-state index is 11.5. The van der Waals surface area contributed by atoms with Gasteiger partial charge < -0.3 is 5.73 Å². The van der Waals surface area contributed by atoms with Crippen molar-refractivity contribution in [3.63, 3.8) is 0 Å². The number of hydrogen-bond donors (Lipinski definition) is 1. The molecule has 0 spiro atoms. The van der Waals surface area contributed by atoms with Crippen molar-refractivity contribution in [2.75, 3.05) is 0 Å². The highest BCUT2D eigenvalue weighted by atomic mass is 35.5. The van der Waals surface area contributed by atoms with Crippen molar-refractivity contribution in [2.45, 2.75) is 13.8 Å². The minimum atomic E-state index is -0.436. The molecule has 2 aromatic heterocycles. The van der Waals surface area contributed by atoms with Crippen LogP contribution in [0.15, 0.2) is 24.3 Å². The highest BCUT2D eigenvalue weighted by Gasteiger charge is 2.18. The topological polar surface area (TPSA) is 68.9 Å². The predicted octanol–water partition coefficient (Wildman–Crippen LogP) is 3.73. The molecule has 0 fully saturated rings. The van der Waals surface area contributed by atoms with Crippen LogP contribution in [0.1, 0.15) is 20.9 Å². The Morgan fingerprint density at radius 1 is 1.24 bits per heavy atom. The Labute approximate surface area is 130 Å². The van der Waals surface area contributed by atoms with E-state index in [0.29, 0.717) is 15.7 Å². The van der Waals surface area contributed by atoms with Crippen LogP contribution < -0.4 is 5.73 Å². The van der Waals surface area contributed by atoms with E-state index in [9.17, 15) is 4.79 Å².